The Bertz CT molecular complexity index is 1970. The molecule has 0 N–H and O–H groups in total. The standard InChI is InChI=1S/C50H73N3O13/c1-15-24-57-28-31-33(58-25-16-2)34(59-27-29-20-18-17-19-21-29)32(52-53-51)41(60-31)61-35-36(62-42(54)45(3,4)5)38(64-44(56)47(9,10)11)40-39(37(35)63-43(55)46(6,7)8)65-50(66-40)26-30-22-23-49(50,14)48(30,12)13/h15-21,30-41H,1-2,22-28H2,3-14H3/t30-,31-,32-,33-,34-,35-,36-,37+,38+,39+,40-,41-,49-,50?/m1/s1. The molecule has 366 valence electrons. The molecule has 16 nitrogen and oxygen atoms in total. The molecule has 2 heterocycles. The van der Waals surface area contributed by atoms with Crippen molar-refractivity contribution in [1.82, 2.24) is 0 Å². The number of nitrogens with zero attached hydrogens (tertiary/aromatic N) is 3. The van der Waals surface area contributed by atoms with Gasteiger partial charge in [0.1, 0.15) is 42.7 Å². The minimum atomic E-state index is -1.50. The number of esters is 3. The number of azide groups is 1. The van der Waals surface area contributed by atoms with Crippen LogP contribution >= 0.6 is 0 Å². The van der Waals surface area contributed by atoms with Gasteiger partial charge in [-0.25, -0.2) is 0 Å². The Morgan fingerprint density at radius 2 is 1.32 bits per heavy atom. The zero-order chi connectivity index (χ0) is 48.6. The van der Waals surface area contributed by atoms with Crippen LogP contribution in [-0.4, -0.2) is 111 Å². The van der Waals surface area contributed by atoms with Gasteiger partial charge in [-0.2, -0.15) is 0 Å². The second-order valence-electron chi connectivity index (χ2n) is 22.3. The molecule has 5 aliphatic rings. The summed E-state index contributed by atoms with van der Waals surface area (Å²) in [7, 11) is 0. The van der Waals surface area contributed by atoms with E-state index in [0.717, 1.165) is 18.4 Å². The SMILES string of the molecule is C=CCOC[C@H]1O[C@H](O[C@@H]2[C@@H](OC(=O)C(C)(C)C)[C@H](OC(=O)C(C)(C)C)[C@H]3OC4(C[C@H]5CC[C@]4(C)C5(C)C)O[C@H]3[C@H]2OC(=O)C(C)(C)C)[C@H](N=[N+]=[N-])[C@@H](OCc2ccccc2)[C@@H]1OCC=C. The minimum Gasteiger partial charge on any atom is -0.456 e. The predicted octanol–water partition coefficient (Wildman–Crippen LogP) is 8.35. The molecule has 16 heteroatoms. The van der Waals surface area contributed by atoms with Gasteiger partial charge in [-0.3, -0.25) is 14.4 Å². The summed E-state index contributed by atoms with van der Waals surface area (Å²) in [6.45, 7) is 29.9. The molecule has 3 aliphatic carbocycles. The van der Waals surface area contributed by atoms with E-state index in [0.29, 0.717) is 6.42 Å². The molecule has 14 atom stereocenters. The van der Waals surface area contributed by atoms with E-state index >= 15 is 0 Å². The first-order chi connectivity index (χ1) is 30.8. The number of ether oxygens (including phenoxy) is 10. The van der Waals surface area contributed by atoms with Crippen molar-refractivity contribution in [2.75, 3.05) is 19.8 Å². The zero-order valence-electron chi connectivity index (χ0n) is 41.0. The summed E-state index contributed by atoms with van der Waals surface area (Å²) in [6, 6.07) is 8.17. The summed E-state index contributed by atoms with van der Waals surface area (Å²) in [6.07, 6.45) is -6.77. The first-order valence-corrected chi connectivity index (χ1v) is 23.2. The van der Waals surface area contributed by atoms with Gasteiger partial charge in [-0.05, 0) is 97.6 Å². The lowest BCUT2D eigenvalue weighted by Crippen LogP contribution is -2.69. The first kappa shape index (κ1) is 51.5. The van der Waals surface area contributed by atoms with Gasteiger partial charge in [-0.1, -0.05) is 68.4 Å². The van der Waals surface area contributed by atoms with Gasteiger partial charge >= 0.3 is 17.9 Å². The van der Waals surface area contributed by atoms with E-state index in [2.05, 4.69) is 44.0 Å². The fourth-order valence-corrected chi connectivity index (χ4v) is 9.94. The van der Waals surface area contributed by atoms with E-state index in [4.69, 9.17) is 47.4 Å². The molecule has 2 bridgehead atoms. The van der Waals surface area contributed by atoms with Crippen molar-refractivity contribution in [2.45, 2.75) is 182 Å². The van der Waals surface area contributed by atoms with Crippen molar-refractivity contribution < 1.29 is 61.8 Å². The van der Waals surface area contributed by atoms with Crippen LogP contribution in [0.4, 0.5) is 0 Å². The molecule has 0 aromatic heterocycles. The van der Waals surface area contributed by atoms with E-state index in [1.807, 2.05) is 30.3 Å². The maximum Gasteiger partial charge on any atom is 0.311 e. The maximum absolute atomic E-state index is 14.3. The quantitative estimate of drug-likeness (QED) is 0.0293. The lowest BCUT2D eigenvalue weighted by atomic mass is 9.68. The van der Waals surface area contributed by atoms with Crippen molar-refractivity contribution in [3.8, 4) is 0 Å². The number of carbonyl (C=O) groups excluding carboxylic acids is 3. The van der Waals surface area contributed by atoms with Crippen LogP contribution in [0.5, 0.6) is 0 Å². The van der Waals surface area contributed by atoms with E-state index in [1.165, 1.54) is 0 Å². The van der Waals surface area contributed by atoms with Crippen molar-refractivity contribution in [2.24, 2.45) is 38.1 Å². The molecule has 1 aromatic rings. The third-order valence-electron chi connectivity index (χ3n) is 14.3. The molecule has 66 heavy (non-hydrogen) atoms. The predicted molar refractivity (Wildman–Crippen MR) is 242 cm³/mol. The second-order valence-corrected chi connectivity index (χ2v) is 22.3. The van der Waals surface area contributed by atoms with E-state index in [1.54, 1.807) is 74.5 Å². The molecule has 1 unspecified atom stereocenters. The molecule has 2 aliphatic heterocycles. The number of hydrogen-bond acceptors (Lipinski definition) is 14. The van der Waals surface area contributed by atoms with Gasteiger partial charge in [0.05, 0.1) is 42.7 Å². The number of rotatable bonds is 16. The van der Waals surface area contributed by atoms with Gasteiger partial charge in [0.15, 0.2) is 30.4 Å². The van der Waals surface area contributed by atoms with E-state index in [-0.39, 0.29) is 37.8 Å². The third-order valence-corrected chi connectivity index (χ3v) is 14.3. The van der Waals surface area contributed by atoms with Crippen LogP contribution < -0.4 is 0 Å². The first-order valence-electron chi connectivity index (χ1n) is 23.2. The fraction of sp³-hybridized carbons (Fsp3) is 0.740. The van der Waals surface area contributed by atoms with Crippen LogP contribution in [0.15, 0.2) is 60.8 Å². The summed E-state index contributed by atoms with van der Waals surface area (Å²) in [4.78, 5) is 46.0. The Kier molecular flexibility index (Phi) is 15.3. The highest BCUT2D eigenvalue weighted by Crippen LogP contribution is 2.73. The Labute approximate surface area is 390 Å². The summed E-state index contributed by atoms with van der Waals surface area (Å²) in [5, 5.41) is 4.22. The van der Waals surface area contributed by atoms with Crippen molar-refractivity contribution >= 4 is 17.9 Å². The lowest BCUT2D eigenvalue weighted by molar-refractivity contribution is -0.322. The largest absolute Gasteiger partial charge is 0.456 e. The van der Waals surface area contributed by atoms with E-state index in [9.17, 15) is 19.9 Å². The molecule has 6 rings (SSSR count). The van der Waals surface area contributed by atoms with Gasteiger partial charge in [0, 0.05) is 16.7 Å². The molecule has 3 saturated carbocycles. The van der Waals surface area contributed by atoms with Gasteiger partial charge in [0.25, 0.3) is 0 Å². The van der Waals surface area contributed by atoms with Crippen molar-refractivity contribution in [3.63, 3.8) is 0 Å². The van der Waals surface area contributed by atoms with Gasteiger partial charge in [-0.15, -0.1) is 13.2 Å². The smallest absolute Gasteiger partial charge is 0.311 e. The summed E-state index contributed by atoms with van der Waals surface area (Å²) in [5.41, 5.74) is 7.19. The number of hydrogen-bond donors (Lipinski definition) is 0. The molecule has 2 saturated heterocycles. The van der Waals surface area contributed by atoms with Crippen LogP contribution in [0.2, 0.25) is 0 Å². The summed E-state index contributed by atoms with van der Waals surface area (Å²) < 4.78 is 66.8. The van der Waals surface area contributed by atoms with Crippen molar-refractivity contribution in [3.05, 3.63) is 71.6 Å². The zero-order valence-corrected chi connectivity index (χ0v) is 41.0. The Balaban J connectivity index is 1.54. The Morgan fingerprint density at radius 1 is 0.773 bits per heavy atom. The molecule has 0 amide bonds. The third kappa shape index (κ3) is 10.1. The highest BCUT2D eigenvalue weighted by molar-refractivity contribution is 5.77. The van der Waals surface area contributed by atoms with Gasteiger partial charge in [0.2, 0.25) is 0 Å². The monoisotopic (exact) mass is 924 g/mol. The molecular formula is C50H73N3O13. The molecule has 0 radical (unpaired) electrons. The molecule has 5 fully saturated rings. The normalized spacial score (nSPS) is 35.9. The average Bonchev–Trinajstić information content (AvgIpc) is 3.78. The highest BCUT2D eigenvalue weighted by atomic mass is 16.8. The maximum atomic E-state index is 14.3. The van der Waals surface area contributed by atoms with Crippen LogP contribution in [0, 0.1) is 33.0 Å². The Morgan fingerprint density at radius 3 is 1.80 bits per heavy atom. The van der Waals surface area contributed by atoms with Crippen molar-refractivity contribution in [1.29, 1.82) is 0 Å². The Hall–Kier alpha value is -3.86. The average molecular weight is 924 g/mol. The summed E-state index contributed by atoms with van der Waals surface area (Å²) in [5.74, 6) is -2.83. The fourth-order valence-electron chi connectivity index (χ4n) is 9.94. The van der Waals surface area contributed by atoms with Gasteiger partial charge < -0.3 is 47.4 Å². The highest BCUT2D eigenvalue weighted by Gasteiger charge is 2.77. The minimum absolute atomic E-state index is 0.0387. The number of fused-ring (bicyclic) bond motifs is 4. The second kappa shape index (κ2) is 19.6. The molecule has 1 spiro atoms. The van der Waals surface area contributed by atoms with Crippen LogP contribution in [0.1, 0.15) is 108 Å². The van der Waals surface area contributed by atoms with Crippen LogP contribution in [0.3, 0.4) is 0 Å². The van der Waals surface area contributed by atoms with Crippen LogP contribution in [-0.2, 0) is 68.4 Å². The van der Waals surface area contributed by atoms with E-state index < -0.39 is 113 Å². The lowest BCUT2D eigenvalue weighted by Gasteiger charge is -2.50. The number of carbonyl (C=O) groups is 3. The molecular weight excluding hydrogens is 851 g/mol. The van der Waals surface area contributed by atoms with Crippen LogP contribution in [0.25, 0.3) is 10.4 Å². The topological polar surface area (TPSA) is 192 Å². The number of benzene rings is 1. The molecule has 1 aromatic carbocycles. The summed E-state index contributed by atoms with van der Waals surface area (Å²) >= 11 is 0.